The SMILES string of the molecule is COC(COP(=O)(O)OC[C@H]1CCCN1C)COP(=O)(O)OC[C@@H]1C[C@H](I)CN1C. The number of halogens is 1. The summed E-state index contributed by atoms with van der Waals surface area (Å²) in [5.41, 5.74) is 0. The molecule has 0 saturated carbocycles. The van der Waals surface area contributed by atoms with E-state index in [1.165, 1.54) is 7.11 Å². The molecule has 11 nitrogen and oxygen atoms in total. The van der Waals surface area contributed by atoms with Crippen LogP contribution >= 0.6 is 38.2 Å². The Labute approximate surface area is 191 Å². The summed E-state index contributed by atoms with van der Waals surface area (Å²) in [6.07, 6.45) is 1.93. The van der Waals surface area contributed by atoms with Crippen molar-refractivity contribution >= 4 is 38.2 Å². The largest absolute Gasteiger partial charge is 0.472 e. The van der Waals surface area contributed by atoms with Crippen LogP contribution in [0.1, 0.15) is 19.3 Å². The van der Waals surface area contributed by atoms with Crippen molar-refractivity contribution in [1.82, 2.24) is 9.80 Å². The smallest absolute Gasteiger partial charge is 0.377 e. The second-order valence-electron chi connectivity index (χ2n) is 7.68. The van der Waals surface area contributed by atoms with E-state index < -0.39 is 21.7 Å². The minimum atomic E-state index is -4.29. The van der Waals surface area contributed by atoms with Gasteiger partial charge in [0.15, 0.2) is 0 Å². The second kappa shape index (κ2) is 12.3. The first-order chi connectivity index (χ1) is 14.0. The van der Waals surface area contributed by atoms with Crippen LogP contribution in [-0.4, -0.2) is 102 Å². The van der Waals surface area contributed by atoms with Gasteiger partial charge in [0.2, 0.25) is 0 Å². The lowest BCUT2D eigenvalue weighted by Gasteiger charge is -2.23. The van der Waals surface area contributed by atoms with Gasteiger partial charge in [0.25, 0.3) is 0 Å². The Morgan fingerprint density at radius 3 is 2.00 bits per heavy atom. The summed E-state index contributed by atoms with van der Waals surface area (Å²) < 4.78 is 49.8. The maximum absolute atomic E-state index is 12.1. The molecule has 3 unspecified atom stereocenters. The maximum atomic E-state index is 12.1. The third-order valence-corrected chi connectivity index (χ3v) is 8.15. The van der Waals surface area contributed by atoms with Gasteiger partial charge in [-0.1, -0.05) is 22.6 Å². The zero-order valence-electron chi connectivity index (χ0n) is 17.6. The molecule has 2 aliphatic heterocycles. The summed E-state index contributed by atoms with van der Waals surface area (Å²) in [6.45, 7) is 1.30. The summed E-state index contributed by atoms with van der Waals surface area (Å²) in [7, 11) is -3.35. The molecule has 178 valence electrons. The van der Waals surface area contributed by atoms with Crippen molar-refractivity contribution in [3.8, 4) is 0 Å². The van der Waals surface area contributed by atoms with E-state index in [0.29, 0.717) is 3.92 Å². The quantitative estimate of drug-likeness (QED) is 0.187. The molecule has 0 aliphatic carbocycles. The zero-order chi connectivity index (χ0) is 22.4. The molecule has 0 radical (unpaired) electrons. The van der Waals surface area contributed by atoms with E-state index in [2.05, 4.69) is 32.4 Å². The lowest BCUT2D eigenvalue weighted by Crippen LogP contribution is -2.30. The number of nitrogens with zero attached hydrogens (tertiary/aromatic N) is 2. The average molecular weight is 586 g/mol. The molecule has 0 aromatic heterocycles. The molecule has 0 amide bonds. The molecule has 6 atom stereocenters. The summed E-state index contributed by atoms with van der Waals surface area (Å²) in [5, 5.41) is 0. The molecule has 2 N–H and O–H groups in total. The molecule has 2 heterocycles. The van der Waals surface area contributed by atoms with E-state index >= 15 is 0 Å². The number of phosphoric acid groups is 2. The molecule has 2 fully saturated rings. The van der Waals surface area contributed by atoms with Crippen LogP contribution < -0.4 is 0 Å². The number of hydrogen-bond donors (Lipinski definition) is 2. The van der Waals surface area contributed by atoms with Crippen LogP contribution in [0.4, 0.5) is 0 Å². The minimum absolute atomic E-state index is 0.0499. The van der Waals surface area contributed by atoms with Gasteiger partial charge in [0.1, 0.15) is 6.10 Å². The monoisotopic (exact) mass is 586 g/mol. The molecule has 0 aromatic rings. The van der Waals surface area contributed by atoms with Crippen molar-refractivity contribution in [2.75, 3.05) is 60.7 Å². The summed E-state index contributed by atoms with van der Waals surface area (Å²) in [6, 6.07) is 0.128. The standard InChI is InChI=1S/C16H33IN2O9P2/c1-18-6-4-5-14(18)9-25-29(20,21)27-11-16(24-3)12-28-30(22,23)26-10-15-7-13(17)8-19(15)2/h13-16H,4-12H2,1-3H3,(H,20,21)(H,22,23)/t13-,14+,15-,16?/m0/s1. The third kappa shape index (κ3) is 9.36. The summed E-state index contributed by atoms with van der Waals surface area (Å²) >= 11 is 2.34. The number of methoxy groups -OCH3 is 1. The van der Waals surface area contributed by atoms with Gasteiger partial charge in [-0.05, 0) is 39.9 Å². The first-order valence-electron chi connectivity index (χ1n) is 9.82. The fourth-order valence-corrected chi connectivity index (χ4v) is 6.16. The van der Waals surface area contributed by atoms with Gasteiger partial charge in [-0.3, -0.25) is 18.1 Å². The van der Waals surface area contributed by atoms with Crippen LogP contribution in [0, 0.1) is 0 Å². The Hall–Kier alpha value is 0.830. The first-order valence-corrected chi connectivity index (χ1v) is 14.1. The van der Waals surface area contributed by atoms with E-state index in [1.807, 2.05) is 14.1 Å². The fourth-order valence-electron chi connectivity index (χ4n) is 3.37. The molecule has 30 heavy (non-hydrogen) atoms. The minimum Gasteiger partial charge on any atom is -0.377 e. The second-order valence-corrected chi connectivity index (χ2v) is 12.3. The van der Waals surface area contributed by atoms with Gasteiger partial charge in [-0.15, -0.1) is 0 Å². The predicted octanol–water partition coefficient (Wildman–Crippen LogP) is 1.87. The Morgan fingerprint density at radius 2 is 1.57 bits per heavy atom. The number of likely N-dealkylation sites (tertiary alicyclic amines) is 2. The number of likely N-dealkylation sites (N-methyl/N-ethyl adjacent to an activating group) is 2. The zero-order valence-corrected chi connectivity index (χ0v) is 21.5. The third-order valence-electron chi connectivity index (χ3n) is 5.35. The van der Waals surface area contributed by atoms with Crippen LogP contribution in [0.2, 0.25) is 0 Å². The first kappa shape index (κ1) is 27.1. The van der Waals surface area contributed by atoms with Crippen molar-refractivity contribution in [2.24, 2.45) is 0 Å². The lowest BCUT2D eigenvalue weighted by molar-refractivity contribution is -0.000365. The highest BCUT2D eigenvalue weighted by molar-refractivity contribution is 14.1. The fraction of sp³-hybridized carbons (Fsp3) is 1.00. The molecular weight excluding hydrogens is 553 g/mol. The van der Waals surface area contributed by atoms with Crippen LogP contribution in [0.25, 0.3) is 0 Å². The van der Waals surface area contributed by atoms with Gasteiger partial charge < -0.3 is 24.3 Å². The van der Waals surface area contributed by atoms with Crippen LogP contribution in [0.15, 0.2) is 0 Å². The Kier molecular flexibility index (Phi) is 11.1. The highest BCUT2D eigenvalue weighted by Crippen LogP contribution is 2.46. The molecule has 2 aliphatic rings. The maximum Gasteiger partial charge on any atom is 0.472 e. The Balaban J connectivity index is 1.69. The molecule has 2 rings (SSSR count). The van der Waals surface area contributed by atoms with Crippen LogP contribution in [-0.2, 0) is 32.0 Å². The highest BCUT2D eigenvalue weighted by atomic mass is 127. The van der Waals surface area contributed by atoms with Gasteiger partial charge >= 0.3 is 15.6 Å². The number of alkyl halides is 1. The van der Waals surface area contributed by atoms with Crippen molar-refractivity contribution in [3.05, 3.63) is 0 Å². The number of rotatable bonds is 13. The molecular formula is C16H33IN2O9P2. The van der Waals surface area contributed by atoms with E-state index in [-0.39, 0.29) is 38.5 Å². The van der Waals surface area contributed by atoms with E-state index in [9.17, 15) is 18.9 Å². The Morgan fingerprint density at radius 1 is 1.00 bits per heavy atom. The van der Waals surface area contributed by atoms with Gasteiger partial charge in [0.05, 0.1) is 26.4 Å². The van der Waals surface area contributed by atoms with Crippen molar-refractivity contribution < 1.29 is 41.7 Å². The molecule has 0 bridgehead atoms. The van der Waals surface area contributed by atoms with E-state index in [4.69, 9.17) is 22.8 Å². The van der Waals surface area contributed by atoms with Crippen molar-refractivity contribution in [3.63, 3.8) is 0 Å². The van der Waals surface area contributed by atoms with Gasteiger partial charge in [0, 0.05) is 29.7 Å². The number of ether oxygens (including phenoxy) is 1. The van der Waals surface area contributed by atoms with Crippen molar-refractivity contribution in [2.45, 2.75) is 41.4 Å². The summed E-state index contributed by atoms with van der Waals surface area (Å²) in [4.78, 5) is 23.9. The van der Waals surface area contributed by atoms with E-state index in [0.717, 1.165) is 32.4 Å². The highest BCUT2D eigenvalue weighted by Gasteiger charge is 2.32. The molecule has 14 heteroatoms. The topological polar surface area (TPSA) is 127 Å². The van der Waals surface area contributed by atoms with Crippen LogP contribution in [0.5, 0.6) is 0 Å². The lowest BCUT2D eigenvalue weighted by atomic mass is 10.2. The number of hydrogen-bond acceptors (Lipinski definition) is 9. The average Bonchev–Trinajstić information content (AvgIpc) is 3.22. The number of phosphoric ester groups is 2. The molecule has 0 spiro atoms. The Bertz CT molecular complexity index is 632. The van der Waals surface area contributed by atoms with Gasteiger partial charge in [-0.2, -0.15) is 0 Å². The molecule has 0 aromatic carbocycles. The normalized spacial score (nSPS) is 30.9. The predicted molar refractivity (Wildman–Crippen MR) is 119 cm³/mol. The van der Waals surface area contributed by atoms with Crippen LogP contribution in [0.3, 0.4) is 0 Å². The molecule has 2 saturated heterocycles. The van der Waals surface area contributed by atoms with E-state index in [1.54, 1.807) is 0 Å². The summed E-state index contributed by atoms with van der Waals surface area (Å²) in [5.74, 6) is 0. The van der Waals surface area contributed by atoms with Gasteiger partial charge in [-0.25, -0.2) is 9.13 Å². The van der Waals surface area contributed by atoms with Crippen molar-refractivity contribution in [1.29, 1.82) is 0 Å².